The van der Waals surface area contributed by atoms with Crippen LogP contribution in [0.2, 0.25) is 0 Å². The molecule has 2 aromatic rings. The van der Waals surface area contributed by atoms with E-state index < -0.39 is 0 Å². The van der Waals surface area contributed by atoms with E-state index in [1.54, 1.807) is 0 Å². The van der Waals surface area contributed by atoms with Gasteiger partial charge in [-0.2, -0.15) is 0 Å². The van der Waals surface area contributed by atoms with Gasteiger partial charge < -0.3 is 9.47 Å². The van der Waals surface area contributed by atoms with Gasteiger partial charge in [-0.15, -0.1) is 0 Å². The third-order valence-corrected chi connectivity index (χ3v) is 5.34. The van der Waals surface area contributed by atoms with Crippen LogP contribution < -0.4 is 0 Å². The van der Waals surface area contributed by atoms with Gasteiger partial charge in [0.2, 0.25) is 0 Å². The predicted octanol–water partition coefficient (Wildman–Crippen LogP) is 4.26. The van der Waals surface area contributed by atoms with Gasteiger partial charge in [-0.25, -0.2) is 9.59 Å². The van der Waals surface area contributed by atoms with Gasteiger partial charge in [-0.3, -0.25) is 0 Å². The minimum Gasteiger partial charge on any atom is -0.466 e. The monoisotopic (exact) mass is 376 g/mol. The summed E-state index contributed by atoms with van der Waals surface area (Å²) in [4.78, 5) is 23.4. The molecule has 0 unspecified atom stereocenters. The second-order valence-electron chi connectivity index (χ2n) is 6.79. The first-order valence-corrected chi connectivity index (χ1v) is 9.28. The minimum atomic E-state index is -0.368. The number of hydrogen-bond donors (Lipinski definition) is 0. The van der Waals surface area contributed by atoms with E-state index in [0.717, 1.165) is 0 Å². The van der Waals surface area contributed by atoms with Crippen molar-refractivity contribution in [2.24, 2.45) is 11.8 Å². The van der Waals surface area contributed by atoms with Gasteiger partial charge in [0.1, 0.15) is 0 Å². The molecular formula is C24H24O4. The van der Waals surface area contributed by atoms with Crippen LogP contribution >= 0.6 is 0 Å². The Hall–Kier alpha value is -3.14. The normalized spacial score (nSPS) is 24.1. The molecule has 1 saturated carbocycles. The van der Waals surface area contributed by atoms with Gasteiger partial charge in [0, 0.05) is 12.2 Å². The Morgan fingerprint density at radius 3 is 1.36 bits per heavy atom. The molecule has 0 aliphatic heterocycles. The molecule has 0 spiro atoms. The quantitative estimate of drug-likeness (QED) is 0.558. The second-order valence-corrected chi connectivity index (χ2v) is 6.79. The van der Waals surface area contributed by atoms with Crippen molar-refractivity contribution in [3.63, 3.8) is 0 Å². The average Bonchev–Trinajstić information content (AvgIpc) is 2.73. The molecule has 1 aliphatic rings. The zero-order valence-corrected chi connectivity index (χ0v) is 16.0. The van der Waals surface area contributed by atoms with E-state index in [1.807, 2.05) is 48.6 Å². The van der Waals surface area contributed by atoms with Crippen LogP contribution in [0.3, 0.4) is 0 Å². The molecule has 1 fully saturated rings. The van der Waals surface area contributed by atoms with E-state index in [0.29, 0.717) is 0 Å². The summed E-state index contributed by atoms with van der Waals surface area (Å²) >= 11 is 0. The van der Waals surface area contributed by atoms with E-state index in [-0.39, 0.29) is 35.6 Å². The molecule has 2 aromatic carbocycles. The van der Waals surface area contributed by atoms with E-state index in [2.05, 4.69) is 24.3 Å². The largest absolute Gasteiger partial charge is 0.466 e. The topological polar surface area (TPSA) is 52.6 Å². The molecule has 0 amide bonds. The summed E-state index contributed by atoms with van der Waals surface area (Å²) in [7, 11) is 2.75. The Bertz CT molecular complexity index is 773. The lowest BCUT2D eigenvalue weighted by molar-refractivity contribution is -0.135. The zero-order chi connectivity index (χ0) is 19.9. The number of carbonyl (C=O) groups excluding carboxylic acids is 2. The first-order chi connectivity index (χ1) is 13.7. The van der Waals surface area contributed by atoms with E-state index in [4.69, 9.17) is 9.47 Å². The summed E-state index contributed by atoms with van der Waals surface area (Å²) in [6, 6.07) is 20.3. The predicted molar refractivity (Wildman–Crippen MR) is 108 cm³/mol. The summed E-state index contributed by atoms with van der Waals surface area (Å²) < 4.78 is 9.54. The van der Waals surface area contributed by atoms with Crippen molar-refractivity contribution in [3.8, 4) is 0 Å². The van der Waals surface area contributed by atoms with Gasteiger partial charge in [-0.1, -0.05) is 72.8 Å². The number of benzene rings is 2. The molecule has 0 radical (unpaired) electrons. The minimum absolute atomic E-state index is 0.108. The third kappa shape index (κ3) is 4.22. The summed E-state index contributed by atoms with van der Waals surface area (Å²) in [5.74, 6) is -0.229. The molecule has 3 rings (SSSR count). The van der Waals surface area contributed by atoms with Crippen LogP contribution in [0.5, 0.6) is 0 Å². The van der Waals surface area contributed by atoms with E-state index in [9.17, 15) is 9.59 Å². The summed E-state index contributed by atoms with van der Waals surface area (Å²) in [5, 5.41) is 0. The lowest BCUT2D eigenvalue weighted by atomic mass is 9.52. The Morgan fingerprint density at radius 1 is 0.679 bits per heavy atom. The smallest absolute Gasteiger partial charge is 0.330 e. The lowest BCUT2D eigenvalue weighted by Crippen LogP contribution is -2.41. The van der Waals surface area contributed by atoms with Crippen molar-refractivity contribution in [2.75, 3.05) is 14.2 Å². The highest BCUT2D eigenvalue weighted by Crippen LogP contribution is 2.58. The molecular weight excluding hydrogens is 352 g/mol. The molecule has 0 N–H and O–H groups in total. The molecule has 4 nitrogen and oxygen atoms in total. The standard InChI is InChI=1S/C24H24O4/c1-27-21(25)15-13-19-23(17-9-5-3-6-10-17)20(14-16-22(26)28-2)24(19)18-11-7-4-8-12-18/h3-16,19-20,23-24H,1-2H3/b15-13+,16-14+. The maximum Gasteiger partial charge on any atom is 0.330 e. The van der Waals surface area contributed by atoms with Crippen molar-refractivity contribution >= 4 is 11.9 Å². The number of ether oxygens (including phenoxy) is 2. The Balaban J connectivity index is 2.01. The number of esters is 2. The van der Waals surface area contributed by atoms with E-state index >= 15 is 0 Å². The van der Waals surface area contributed by atoms with Crippen molar-refractivity contribution in [3.05, 3.63) is 96.1 Å². The maximum absolute atomic E-state index is 11.7. The van der Waals surface area contributed by atoms with Gasteiger partial charge in [0.15, 0.2) is 0 Å². The van der Waals surface area contributed by atoms with Crippen molar-refractivity contribution in [1.82, 2.24) is 0 Å². The highest BCUT2D eigenvalue weighted by atomic mass is 16.5. The van der Waals surface area contributed by atoms with Gasteiger partial charge in [-0.05, 0) is 34.8 Å². The molecule has 28 heavy (non-hydrogen) atoms. The summed E-state index contributed by atoms with van der Waals surface area (Å²) in [6.45, 7) is 0. The van der Waals surface area contributed by atoms with Gasteiger partial charge in [0.05, 0.1) is 14.2 Å². The molecule has 1 aliphatic carbocycles. The van der Waals surface area contributed by atoms with Crippen LogP contribution in [0.25, 0.3) is 0 Å². The second kappa shape index (κ2) is 9.18. The molecule has 0 heterocycles. The Morgan fingerprint density at radius 2 is 1.04 bits per heavy atom. The van der Waals surface area contributed by atoms with Crippen LogP contribution in [0.15, 0.2) is 85.0 Å². The summed E-state index contributed by atoms with van der Waals surface area (Å²) in [5.41, 5.74) is 2.35. The molecule has 144 valence electrons. The van der Waals surface area contributed by atoms with Crippen molar-refractivity contribution in [2.45, 2.75) is 11.8 Å². The number of allylic oxidation sites excluding steroid dienone is 2. The number of carbonyl (C=O) groups is 2. The highest BCUT2D eigenvalue weighted by Gasteiger charge is 2.48. The third-order valence-electron chi connectivity index (χ3n) is 5.34. The van der Waals surface area contributed by atoms with Gasteiger partial charge >= 0.3 is 11.9 Å². The van der Waals surface area contributed by atoms with Crippen LogP contribution in [0.1, 0.15) is 23.0 Å². The first kappa shape index (κ1) is 19.6. The fraction of sp³-hybridized carbons (Fsp3) is 0.250. The fourth-order valence-electron chi connectivity index (χ4n) is 4.05. The summed E-state index contributed by atoms with van der Waals surface area (Å²) in [6.07, 6.45) is 6.86. The molecule has 0 saturated heterocycles. The number of methoxy groups -OCH3 is 2. The van der Waals surface area contributed by atoms with Crippen LogP contribution in [-0.2, 0) is 19.1 Å². The van der Waals surface area contributed by atoms with E-state index in [1.165, 1.54) is 37.5 Å². The fourth-order valence-corrected chi connectivity index (χ4v) is 4.05. The zero-order valence-electron chi connectivity index (χ0n) is 16.0. The van der Waals surface area contributed by atoms with Crippen LogP contribution in [0.4, 0.5) is 0 Å². The molecule has 0 atom stereocenters. The SMILES string of the molecule is COC(=O)/C=C/C1C(c2ccccc2)C(/C=C/C(=O)OC)C1c1ccccc1. The first-order valence-electron chi connectivity index (χ1n) is 9.28. The lowest BCUT2D eigenvalue weighted by Gasteiger charge is -2.51. The van der Waals surface area contributed by atoms with Crippen LogP contribution in [-0.4, -0.2) is 26.2 Å². The number of rotatable bonds is 6. The molecule has 0 bridgehead atoms. The van der Waals surface area contributed by atoms with Crippen molar-refractivity contribution in [1.29, 1.82) is 0 Å². The van der Waals surface area contributed by atoms with Crippen molar-refractivity contribution < 1.29 is 19.1 Å². The Kier molecular flexibility index (Phi) is 6.43. The highest BCUT2D eigenvalue weighted by molar-refractivity contribution is 5.82. The molecule has 0 aromatic heterocycles. The Labute approximate surface area is 165 Å². The number of hydrogen-bond acceptors (Lipinski definition) is 4. The van der Waals surface area contributed by atoms with Gasteiger partial charge in [0.25, 0.3) is 0 Å². The average molecular weight is 376 g/mol. The van der Waals surface area contributed by atoms with Crippen LogP contribution in [0, 0.1) is 11.8 Å². The molecule has 4 heteroatoms. The maximum atomic E-state index is 11.7.